The number of hydrogen-bond donors (Lipinski definition) is 0. The zero-order valence-electron chi connectivity index (χ0n) is 26.2. The summed E-state index contributed by atoms with van der Waals surface area (Å²) in [6.45, 7) is 0. The molecule has 9 aromatic rings. The van der Waals surface area contributed by atoms with E-state index >= 15 is 0 Å². The molecule has 0 radical (unpaired) electrons. The second-order valence-corrected chi connectivity index (χ2v) is 12.5. The average molecular weight is 611 g/mol. The van der Waals surface area contributed by atoms with Crippen molar-refractivity contribution in [3.63, 3.8) is 0 Å². The second-order valence-electron chi connectivity index (χ2n) is 12.5. The number of hydrogen-bond acceptors (Lipinski definition) is 1. The van der Waals surface area contributed by atoms with Crippen LogP contribution in [0.3, 0.4) is 0 Å². The Bertz CT molecular complexity index is 2610. The van der Waals surface area contributed by atoms with Crippen molar-refractivity contribution < 1.29 is 0 Å². The average Bonchev–Trinajstić information content (AvgIpc) is 3.43. The van der Waals surface area contributed by atoms with E-state index in [1.807, 2.05) is 0 Å². The van der Waals surface area contributed by atoms with E-state index < -0.39 is 0 Å². The van der Waals surface area contributed by atoms with Crippen molar-refractivity contribution in [2.45, 2.75) is 0 Å². The first-order valence-corrected chi connectivity index (χ1v) is 16.5. The lowest BCUT2D eigenvalue weighted by Crippen LogP contribution is -2.09. The lowest BCUT2D eigenvalue weighted by atomic mass is 9.90. The third-order valence-corrected chi connectivity index (χ3v) is 9.88. The third kappa shape index (κ3) is 3.93. The quantitative estimate of drug-likeness (QED) is 0.188. The van der Waals surface area contributed by atoms with Crippen LogP contribution in [-0.4, -0.2) is 4.57 Å². The SMILES string of the molecule is c1ccc(N(c2ccccc2)c2cccc(-c3cc4c5c6c(cccc36)-c3ccccc3-c3cccc(c35)n4-c3ccccc3)c2)cc1. The minimum Gasteiger partial charge on any atom is -0.310 e. The molecule has 0 unspecified atom stereocenters. The summed E-state index contributed by atoms with van der Waals surface area (Å²) in [4.78, 5) is 2.34. The van der Waals surface area contributed by atoms with Crippen LogP contribution in [0.15, 0.2) is 182 Å². The molecule has 1 heterocycles. The molecule has 0 fully saturated rings. The first kappa shape index (κ1) is 26.8. The van der Waals surface area contributed by atoms with Crippen LogP contribution in [0.5, 0.6) is 0 Å². The molecule has 0 saturated heterocycles. The highest BCUT2D eigenvalue weighted by atomic mass is 15.1. The summed E-state index contributed by atoms with van der Waals surface area (Å²) >= 11 is 0. The van der Waals surface area contributed by atoms with E-state index in [9.17, 15) is 0 Å². The highest BCUT2D eigenvalue weighted by Crippen LogP contribution is 2.51. The van der Waals surface area contributed by atoms with Gasteiger partial charge in [-0.3, -0.25) is 0 Å². The molecule has 48 heavy (non-hydrogen) atoms. The lowest BCUT2D eigenvalue weighted by Gasteiger charge is -2.26. The molecule has 8 aromatic carbocycles. The molecule has 0 amide bonds. The van der Waals surface area contributed by atoms with E-state index in [1.165, 1.54) is 71.6 Å². The van der Waals surface area contributed by atoms with E-state index in [4.69, 9.17) is 0 Å². The topological polar surface area (TPSA) is 8.17 Å². The molecule has 1 aliphatic carbocycles. The Morgan fingerprint density at radius 3 is 1.56 bits per heavy atom. The fourth-order valence-corrected chi connectivity index (χ4v) is 7.92. The number of aromatic nitrogens is 1. The van der Waals surface area contributed by atoms with Gasteiger partial charge in [0.05, 0.1) is 11.0 Å². The fourth-order valence-electron chi connectivity index (χ4n) is 7.92. The first-order chi connectivity index (χ1) is 23.8. The van der Waals surface area contributed by atoms with Gasteiger partial charge in [-0.05, 0) is 99.4 Å². The van der Waals surface area contributed by atoms with Crippen molar-refractivity contribution in [3.05, 3.63) is 182 Å². The Morgan fingerprint density at radius 2 is 0.875 bits per heavy atom. The van der Waals surface area contributed by atoms with Crippen LogP contribution >= 0.6 is 0 Å². The van der Waals surface area contributed by atoms with Gasteiger partial charge >= 0.3 is 0 Å². The Kier molecular flexibility index (Phi) is 5.91. The number of anilines is 3. The molecule has 0 atom stereocenters. The molecule has 224 valence electrons. The fraction of sp³-hybridized carbons (Fsp3) is 0. The van der Waals surface area contributed by atoms with E-state index in [1.54, 1.807) is 0 Å². The molecule has 0 N–H and O–H groups in total. The third-order valence-electron chi connectivity index (χ3n) is 9.88. The van der Waals surface area contributed by atoms with Gasteiger partial charge in [0.2, 0.25) is 0 Å². The monoisotopic (exact) mass is 610 g/mol. The summed E-state index contributed by atoms with van der Waals surface area (Å²) in [6, 6.07) is 66.1. The minimum atomic E-state index is 1.12. The number of rotatable bonds is 5. The molecular weight excluding hydrogens is 581 g/mol. The van der Waals surface area contributed by atoms with Gasteiger partial charge in [0.25, 0.3) is 0 Å². The van der Waals surface area contributed by atoms with Gasteiger partial charge in [-0.2, -0.15) is 0 Å². The van der Waals surface area contributed by atoms with Crippen molar-refractivity contribution in [1.29, 1.82) is 0 Å². The zero-order chi connectivity index (χ0) is 31.6. The Labute approximate surface area is 279 Å². The van der Waals surface area contributed by atoms with Gasteiger partial charge in [0.1, 0.15) is 0 Å². The maximum Gasteiger partial charge on any atom is 0.0554 e. The Morgan fingerprint density at radius 1 is 0.333 bits per heavy atom. The molecule has 0 saturated carbocycles. The molecular formula is C46H30N2. The van der Waals surface area contributed by atoms with Crippen molar-refractivity contribution in [2.24, 2.45) is 0 Å². The Hall–Kier alpha value is -6.38. The normalized spacial score (nSPS) is 11.8. The molecule has 0 bridgehead atoms. The Balaban J connectivity index is 1.32. The van der Waals surface area contributed by atoms with E-state index in [-0.39, 0.29) is 0 Å². The predicted molar refractivity (Wildman–Crippen MR) is 203 cm³/mol. The van der Waals surface area contributed by atoms with Crippen LogP contribution in [0.2, 0.25) is 0 Å². The number of benzene rings is 8. The van der Waals surface area contributed by atoms with Crippen LogP contribution in [0.4, 0.5) is 17.1 Å². The summed E-state index contributed by atoms with van der Waals surface area (Å²) in [6.07, 6.45) is 0. The van der Waals surface area contributed by atoms with Gasteiger partial charge in [-0.1, -0.05) is 121 Å². The van der Waals surface area contributed by atoms with Crippen LogP contribution in [0, 0.1) is 0 Å². The summed E-state index contributed by atoms with van der Waals surface area (Å²) in [7, 11) is 0. The van der Waals surface area contributed by atoms with Gasteiger partial charge in [-0.25, -0.2) is 0 Å². The summed E-state index contributed by atoms with van der Waals surface area (Å²) < 4.78 is 2.46. The molecule has 10 rings (SSSR count). The standard InChI is InChI=1S/C46H30N2/c1-4-16-32(17-5-1)47(33-18-6-2-7-19-33)35-22-12-15-31(29-35)41-30-43-46-44-38(25-13-26-40(41)44)36-23-10-11-24-37(36)39-27-14-28-42(45(39)46)48(43)34-20-8-3-9-21-34/h1-30H. The van der Waals surface area contributed by atoms with Gasteiger partial charge < -0.3 is 9.47 Å². The minimum absolute atomic E-state index is 1.12. The van der Waals surface area contributed by atoms with Crippen LogP contribution in [0.25, 0.3) is 71.6 Å². The van der Waals surface area contributed by atoms with E-state index in [0.29, 0.717) is 0 Å². The van der Waals surface area contributed by atoms with Crippen LogP contribution in [-0.2, 0) is 0 Å². The molecule has 2 heteroatoms. The van der Waals surface area contributed by atoms with Crippen molar-refractivity contribution in [1.82, 2.24) is 4.57 Å². The van der Waals surface area contributed by atoms with Crippen molar-refractivity contribution in [2.75, 3.05) is 4.90 Å². The maximum absolute atomic E-state index is 2.46. The van der Waals surface area contributed by atoms with E-state index in [0.717, 1.165) is 17.1 Å². The number of para-hydroxylation sites is 3. The van der Waals surface area contributed by atoms with Gasteiger partial charge in [0.15, 0.2) is 0 Å². The number of fused-ring (bicyclic) bond motifs is 3. The van der Waals surface area contributed by atoms with Gasteiger partial charge in [-0.15, -0.1) is 0 Å². The van der Waals surface area contributed by atoms with Gasteiger partial charge in [0, 0.05) is 38.9 Å². The highest BCUT2D eigenvalue weighted by Gasteiger charge is 2.26. The second kappa shape index (κ2) is 10.6. The van der Waals surface area contributed by atoms with Crippen molar-refractivity contribution in [3.8, 4) is 39.1 Å². The predicted octanol–water partition coefficient (Wildman–Crippen LogP) is 12.7. The van der Waals surface area contributed by atoms with E-state index in [2.05, 4.69) is 191 Å². The molecule has 1 aromatic heterocycles. The maximum atomic E-state index is 2.46. The molecule has 1 aliphatic rings. The van der Waals surface area contributed by atoms with Crippen LogP contribution < -0.4 is 4.90 Å². The largest absolute Gasteiger partial charge is 0.310 e. The zero-order valence-corrected chi connectivity index (χ0v) is 26.2. The molecule has 0 aliphatic heterocycles. The highest BCUT2D eigenvalue weighted by molar-refractivity contribution is 6.32. The summed E-state index contributed by atoms with van der Waals surface area (Å²) in [5.41, 5.74) is 14.5. The molecule has 0 spiro atoms. The first-order valence-electron chi connectivity index (χ1n) is 16.5. The lowest BCUT2D eigenvalue weighted by molar-refractivity contribution is 1.18. The molecule has 2 nitrogen and oxygen atoms in total. The summed E-state index contributed by atoms with van der Waals surface area (Å²) in [5, 5.41) is 5.22. The summed E-state index contributed by atoms with van der Waals surface area (Å²) in [5.74, 6) is 0. The smallest absolute Gasteiger partial charge is 0.0554 e. The van der Waals surface area contributed by atoms with Crippen molar-refractivity contribution >= 4 is 49.6 Å². The van der Waals surface area contributed by atoms with Crippen LogP contribution in [0.1, 0.15) is 0 Å². The number of nitrogens with zero attached hydrogens (tertiary/aromatic N) is 2.